The Morgan fingerprint density at radius 2 is 2.22 bits per heavy atom. The smallest absolute Gasteiger partial charge is 0.128 e. The minimum Gasteiger partial charge on any atom is -0.396 e. The Hall–Kier alpha value is -0.490. The number of ether oxygens (including phenoxy) is 1. The van der Waals surface area contributed by atoms with Crippen LogP contribution in [0.25, 0.3) is 0 Å². The van der Waals surface area contributed by atoms with Crippen molar-refractivity contribution < 1.29 is 14.2 Å². The molecule has 0 amide bonds. The van der Waals surface area contributed by atoms with Crippen LogP contribution in [0.1, 0.15) is 18.9 Å². The first-order chi connectivity index (χ1) is 8.52. The van der Waals surface area contributed by atoms with Crippen LogP contribution in [0.3, 0.4) is 0 Å². The van der Waals surface area contributed by atoms with Gasteiger partial charge in [-0.2, -0.15) is 0 Å². The Morgan fingerprint density at radius 1 is 1.50 bits per heavy atom. The fourth-order valence-corrected chi connectivity index (χ4v) is 2.26. The van der Waals surface area contributed by atoms with E-state index < -0.39 is 0 Å². The summed E-state index contributed by atoms with van der Waals surface area (Å²) in [5, 5.41) is 12.3. The molecule has 102 valence electrons. The fraction of sp³-hybridized carbons (Fsp3) is 0.538. The van der Waals surface area contributed by atoms with Gasteiger partial charge in [0.25, 0.3) is 0 Å². The van der Waals surface area contributed by atoms with Crippen LogP contribution in [-0.2, 0) is 11.3 Å². The van der Waals surface area contributed by atoms with Crippen LogP contribution < -0.4 is 5.32 Å². The molecule has 0 heterocycles. The number of halogens is 2. The summed E-state index contributed by atoms with van der Waals surface area (Å²) in [6, 6.07) is 4.90. The summed E-state index contributed by atoms with van der Waals surface area (Å²) in [7, 11) is 1.61. The molecule has 0 fully saturated rings. The highest BCUT2D eigenvalue weighted by atomic mass is 79.9. The molecule has 1 rings (SSSR count). The zero-order valence-electron chi connectivity index (χ0n) is 10.7. The fourth-order valence-electron chi connectivity index (χ4n) is 1.78. The van der Waals surface area contributed by atoms with Crippen LogP contribution in [0.2, 0.25) is 0 Å². The summed E-state index contributed by atoms with van der Waals surface area (Å²) in [6.45, 7) is 2.85. The third-order valence-electron chi connectivity index (χ3n) is 2.88. The lowest BCUT2D eigenvalue weighted by atomic mass is 9.99. The molecule has 0 spiro atoms. The Balaban J connectivity index is 2.72. The van der Waals surface area contributed by atoms with Crippen LogP contribution in [0, 0.1) is 5.82 Å². The number of aliphatic hydroxyl groups excluding tert-OH is 1. The summed E-state index contributed by atoms with van der Waals surface area (Å²) in [4.78, 5) is 0. The van der Waals surface area contributed by atoms with Crippen LogP contribution in [0.15, 0.2) is 22.7 Å². The zero-order chi connectivity index (χ0) is 13.6. The number of hydrogen-bond donors (Lipinski definition) is 2. The van der Waals surface area contributed by atoms with Gasteiger partial charge in [-0.05, 0) is 25.5 Å². The molecule has 1 aromatic carbocycles. The normalized spacial score (nSPS) is 14.5. The molecule has 18 heavy (non-hydrogen) atoms. The maximum absolute atomic E-state index is 13.6. The molecule has 1 unspecified atom stereocenters. The van der Waals surface area contributed by atoms with Gasteiger partial charge in [-0.15, -0.1) is 0 Å². The van der Waals surface area contributed by atoms with Crippen molar-refractivity contribution >= 4 is 15.9 Å². The number of rotatable bonds is 7. The number of nitrogens with one attached hydrogen (secondary N) is 1. The first kappa shape index (κ1) is 15.6. The maximum atomic E-state index is 13.6. The van der Waals surface area contributed by atoms with Crippen molar-refractivity contribution in [1.29, 1.82) is 0 Å². The van der Waals surface area contributed by atoms with Gasteiger partial charge in [0.15, 0.2) is 0 Å². The second-order valence-electron chi connectivity index (χ2n) is 4.52. The van der Waals surface area contributed by atoms with Gasteiger partial charge in [0.1, 0.15) is 5.82 Å². The Bertz CT molecular complexity index is 361. The summed E-state index contributed by atoms with van der Waals surface area (Å²) in [6.07, 6.45) is 0.549. The molecular formula is C13H19BrFNO2. The van der Waals surface area contributed by atoms with E-state index in [2.05, 4.69) is 21.2 Å². The van der Waals surface area contributed by atoms with Crippen molar-refractivity contribution in [3.05, 3.63) is 34.1 Å². The summed E-state index contributed by atoms with van der Waals surface area (Å²) in [5.41, 5.74) is 0.211. The molecule has 3 nitrogen and oxygen atoms in total. The first-order valence-corrected chi connectivity index (χ1v) is 6.59. The highest BCUT2D eigenvalue weighted by molar-refractivity contribution is 9.10. The molecule has 5 heteroatoms. The molecule has 0 aromatic heterocycles. The molecule has 0 aliphatic heterocycles. The van der Waals surface area contributed by atoms with Crippen molar-refractivity contribution in [1.82, 2.24) is 5.32 Å². The van der Waals surface area contributed by atoms with E-state index in [1.54, 1.807) is 19.2 Å². The average molecular weight is 320 g/mol. The molecule has 0 radical (unpaired) electrons. The van der Waals surface area contributed by atoms with E-state index >= 15 is 0 Å². The number of methoxy groups -OCH3 is 1. The minimum absolute atomic E-state index is 0.0608. The van der Waals surface area contributed by atoms with E-state index in [1.165, 1.54) is 6.07 Å². The van der Waals surface area contributed by atoms with Crippen molar-refractivity contribution in [3.8, 4) is 0 Å². The zero-order valence-corrected chi connectivity index (χ0v) is 12.3. The standard InChI is InChI=1S/C13H19BrFNO2/c1-13(6-7-17,9-18-2)16-8-10-11(14)4-3-5-12(10)15/h3-5,16-17H,6-9H2,1-2H3. The summed E-state index contributed by atoms with van der Waals surface area (Å²) >= 11 is 3.33. The average Bonchev–Trinajstić information content (AvgIpc) is 2.29. The minimum atomic E-state index is -0.370. The van der Waals surface area contributed by atoms with Gasteiger partial charge in [0.05, 0.1) is 6.61 Å². The van der Waals surface area contributed by atoms with Crippen molar-refractivity contribution in [2.75, 3.05) is 20.3 Å². The summed E-state index contributed by atoms with van der Waals surface area (Å²) < 4.78 is 19.5. The predicted molar refractivity (Wildman–Crippen MR) is 72.9 cm³/mol. The second-order valence-corrected chi connectivity index (χ2v) is 5.38. The Labute approximate surface area is 115 Å². The predicted octanol–water partition coefficient (Wildman–Crippen LogP) is 2.47. The van der Waals surface area contributed by atoms with Crippen molar-refractivity contribution in [2.24, 2.45) is 0 Å². The molecule has 1 aromatic rings. The van der Waals surface area contributed by atoms with Gasteiger partial charge in [-0.1, -0.05) is 22.0 Å². The lowest BCUT2D eigenvalue weighted by Crippen LogP contribution is -2.46. The molecule has 0 saturated carbocycles. The molecule has 2 N–H and O–H groups in total. The van der Waals surface area contributed by atoms with Crippen molar-refractivity contribution in [2.45, 2.75) is 25.4 Å². The number of hydrogen-bond acceptors (Lipinski definition) is 3. The molecular weight excluding hydrogens is 301 g/mol. The molecule has 0 bridgehead atoms. The Morgan fingerprint density at radius 3 is 2.78 bits per heavy atom. The third kappa shape index (κ3) is 4.31. The highest BCUT2D eigenvalue weighted by Gasteiger charge is 2.23. The van der Waals surface area contributed by atoms with Crippen LogP contribution in [-0.4, -0.2) is 31.0 Å². The number of aliphatic hydroxyl groups is 1. The van der Waals surface area contributed by atoms with Gasteiger partial charge < -0.3 is 15.2 Å². The molecule has 0 aliphatic rings. The molecule has 0 saturated heterocycles. The largest absolute Gasteiger partial charge is 0.396 e. The van der Waals surface area contributed by atoms with Gasteiger partial charge in [-0.25, -0.2) is 4.39 Å². The van der Waals surface area contributed by atoms with Gasteiger partial charge >= 0.3 is 0 Å². The molecule has 1 atom stereocenters. The van der Waals surface area contributed by atoms with Crippen LogP contribution in [0.4, 0.5) is 4.39 Å². The monoisotopic (exact) mass is 319 g/mol. The third-order valence-corrected chi connectivity index (χ3v) is 3.62. The topological polar surface area (TPSA) is 41.5 Å². The van der Waals surface area contributed by atoms with E-state index in [-0.39, 0.29) is 18.0 Å². The van der Waals surface area contributed by atoms with E-state index in [1.807, 2.05) is 6.92 Å². The summed E-state index contributed by atoms with van der Waals surface area (Å²) in [5.74, 6) is -0.249. The number of benzene rings is 1. The van der Waals surface area contributed by atoms with E-state index in [0.29, 0.717) is 25.1 Å². The lowest BCUT2D eigenvalue weighted by Gasteiger charge is -2.30. The molecule has 0 aliphatic carbocycles. The van der Waals surface area contributed by atoms with Crippen LogP contribution in [0.5, 0.6) is 0 Å². The van der Waals surface area contributed by atoms with Crippen LogP contribution >= 0.6 is 15.9 Å². The van der Waals surface area contributed by atoms with Gasteiger partial charge in [0, 0.05) is 35.8 Å². The van der Waals surface area contributed by atoms with E-state index in [4.69, 9.17) is 9.84 Å². The van der Waals surface area contributed by atoms with E-state index in [0.717, 1.165) is 4.47 Å². The SMILES string of the molecule is COCC(C)(CCO)NCc1c(F)cccc1Br. The lowest BCUT2D eigenvalue weighted by molar-refractivity contribution is 0.0967. The van der Waals surface area contributed by atoms with Crippen molar-refractivity contribution in [3.63, 3.8) is 0 Å². The first-order valence-electron chi connectivity index (χ1n) is 5.80. The van der Waals surface area contributed by atoms with Gasteiger partial charge in [0.2, 0.25) is 0 Å². The maximum Gasteiger partial charge on any atom is 0.128 e. The highest BCUT2D eigenvalue weighted by Crippen LogP contribution is 2.21. The van der Waals surface area contributed by atoms with E-state index in [9.17, 15) is 4.39 Å². The quantitative estimate of drug-likeness (QED) is 0.811. The second kappa shape index (κ2) is 7.19. The Kier molecular flexibility index (Phi) is 6.21. The van der Waals surface area contributed by atoms with Gasteiger partial charge in [-0.3, -0.25) is 0 Å².